The van der Waals surface area contributed by atoms with Gasteiger partial charge in [0.15, 0.2) is 0 Å². The van der Waals surface area contributed by atoms with Crippen molar-refractivity contribution in [3.05, 3.63) is 34.3 Å². The highest BCUT2D eigenvalue weighted by molar-refractivity contribution is 9.10. The average Bonchev–Trinajstić information content (AvgIpc) is 2.60. The third-order valence-electron chi connectivity index (χ3n) is 4.54. The molecule has 140 valence electrons. The quantitative estimate of drug-likeness (QED) is 0.580. The first-order valence-electron chi connectivity index (χ1n) is 8.57. The summed E-state index contributed by atoms with van der Waals surface area (Å²) < 4.78 is 0.939. The van der Waals surface area contributed by atoms with Crippen molar-refractivity contribution in [2.45, 2.75) is 26.2 Å². The molecule has 1 unspecified atom stereocenters. The van der Waals surface area contributed by atoms with Crippen LogP contribution >= 0.6 is 28.3 Å². The SMILES string of the molecule is CC(CC(=O)NCCNC(=O)c1ccc(Br)cc1)C1CCNCC1.Cl. The number of rotatable bonds is 7. The summed E-state index contributed by atoms with van der Waals surface area (Å²) in [4.78, 5) is 23.9. The second-order valence-electron chi connectivity index (χ2n) is 6.38. The van der Waals surface area contributed by atoms with E-state index in [2.05, 4.69) is 38.8 Å². The Bertz CT molecular complexity index is 548. The van der Waals surface area contributed by atoms with Crippen LogP contribution in [0, 0.1) is 11.8 Å². The van der Waals surface area contributed by atoms with Crippen molar-refractivity contribution in [1.82, 2.24) is 16.0 Å². The van der Waals surface area contributed by atoms with Crippen molar-refractivity contribution in [3.63, 3.8) is 0 Å². The molecule has 2 rings (SSSR count). The van der Waals surface area contributed by atoms with Crippen molar-refractivity contribution < 1.29 is 9.59 Å². The standard InChI is InChI=1S/C18H26BrN3O2.ClH/c1-13(14-6-8-20-9-7-14)12-17(23)21-10-11-22-18(24)15-2-4-16(19)5-3-15;/h2-5,13-14,20H,6-12H2,1H3,(H,21,23)(H,22,24);1H. The molecule has 5 nitrogen and oxygen atoms in total. The Labute approximate surface area is 164 Å². The molecule has 0 aliphatic carbocycles. The zero-order valence-electron chi connectivity index (χ0n) is 14.5. The molecule has 1 heterocycles. The molecule has 7 heteroatoms. The Balaban J connectivity index is 0.00000312. The van der Waals surface area contributed by atoms with Crippen LogP contribution in [-0.4, -0.2) is 38.0 Å². The largest absolute Gasteiger partial charge is 0.354 e. The van der Waals surface area contributed by atoms with E-state index in [-0.39, 0.29) is 24.2 Å². The Morgan fingerprint density at radius 1 is 1.16 bits per heavy atom. The number of hydrogen-bond donors (Lipinski definition) is 3. The maximum absolute atomic E-state index is 12.0. The van der Waals surface area contributed by atoms with Crippen LogP contribution in [-0.2, 0) is 4.79 Å². The first-order valence-corrected chi connectivity index (χ1v) is 9.36. The van der Waals surface area contributed by atoms with Gasteiger partial charge in [-0.1, -0.05) is 22.9 Å². The van der Waals surface area contributed by atoms with Crippen molar-refractivity contribution in [1.29, 1.82) is 0 Å². The van der Waals surface area contributed by atoms with Crippen molar-refractivity contribution >= 4 is 40.2 Å². The summed E-state index contributed by atoms with van der Waals surface area (Å²) >= 11 is 3.34. The van der Waals surface area contributed by atoms with E-state index in [9.17, 15) is 9.59 Å². The third-order valence-corrected chi connectivity index (χ3v) is 5.06. The van der Waals surface area contributed by atoms with Crippen LogP contribution in [0.25, 0.3) is 0 Å². The lowest BCUT2D eigenvalue weighted by molar-refractivity contribution is -0.122. The number of amides is 2. The van der Waals surface area contributed by atoms with E-state index in [1.165, 1.54) is 0 Å². The molecule has 0 spiro atoms. The van der Waals surface area contributed by atoms with Crippen LogP contribution in [0.2, 0.25) is 0 Å². The van der Waals surface area contributed by atoms with Crippen LogP contribution < -0.4 is 16.0 Å². The summed E-state index contributed by atoms with van der Waals surface area (Å²) in [5.41, 5.74) is 0.615. The van der Waals surface area contributed by atoms with E-state index >= 15 is 0 Å². The normalized spacial score (nSPS) is 15.8. The first-order chi connectivity index (χ1) is 11.6. The lowest BCUT2D eigenvalue weighted by Crippen LogP contribution is -2.36. The third kappa shape index (κ3) is 7.75. The summed E-state index contributed by atoms with van der Waals surface area (Å²) in [7, 11) is 0. The average molecular weight is 433 g/mol. The van der Waals surface area contributed by atoms with Gasteiger partial charge in [-0.05, 0) is 62.0 Å². The van der Waals surface area contributed by atoms with Crippen LogP contribution in [0.15, 0.2) is 28.7 Å². The Kier molecular flexibility index (Phi) is 10.1. The molecule has 1 saturated heterocycles. The summed E-state index contributed by atoms with van der Waals surface area (Å²) in [5, 5.41) is 9.05. The molecule has 2 amide bonds. The van der Waals surface area contributed by atoms with Gasteiger partial charge in [-0.2, -0.15) is 0 Å². The number of hydrogen-bond acceptors (Lipinski definition) is 3. The van der Waals surface area contributed by atoms with Gasteiger partial charge < -0.3 is 16.0 Å². The van der Waals surface area contributed by atoms with Gasteiger partial charge in [0.2, 0.25) is 5.91 Å². The molecule has 1 fully saturated rings. The zero-order chi connectivity index (χ0) is 17.4. The number of carbonyl (C=O) groups is 2. The number of carbonyl (C=O) groups excluding carboxylic acids is 2. The Morgan fingerprint density at radius 2 is 1.76 bits per heavy atom. The molecule has 0 radical (unpaired) electrons. The van der Waals surface area contributed by atoms with Gasteiger partial charge in [-0.3, -0.25) is 9.59 Å². The molecule has 3 N–H and O–H groups in total. The minimum absolute atomic E-state index is 0. The number of piperidine rings is 1. The molecule has 1 aromatic rings. The molecule has 1 aliphatic heterocycles. The summed E-state index contributed by atoms with van der Waals surface area (Å²) in [5.74, 6) is 0.984. The zero-order valence-corrected chi connectivity index (χ0v) is 16.9. The van der Waals surface area contributed by atoms with Gasteiger partial charge >= 0.3 is 0 Å². The molecule has 1 aromatic carbocycles. The molecule has 25 heavy (non-hydrogen) atoms. The van der Waals surface area contributed by atoms with Gasteiger partial charge in [0.25, 0.3) is 5.91 Å². The van der Waals surface area contributed by atoms with E-state index < -0.39 is 0 Å². The van der Waals surface area contributed by atoms with Crippen LogP contribution in [0.5, 0.6) is 0 Å². The Hall–Kier alpha value is -1.11. The van der Waals surface area contributed by atoms with E-state index in [4.69, 9.17) is 0 Å². The maximum atomic E-state index is 12.0. The molecule has 0 bridgehead atoms. The second kappa shape index (κ2) is 11.5. The molecule has 1 atom stereocenters. The van der Waals surface area contributed by atoms with E-state index in [0.717, 1.165) is 30.4 Å². The lowest BCUT2D eigenvalue weighted by Gasteiger charge is -2.27. The molecular formula is C18H27BrClN3O2. The lowest BCUT2D eigenvalue weighted by atomic mass is 9.84. The van der Waals surface area contributed by atoms with Gasteiger partial charge in [0.05, 0.1) is 0 Å². The predicted molar refractivity (Wildman–Crippen MR) is 106 cm³/mol. The van der Waals surface area contributed by atoms with Crippen molar-refractivity contribution in [2.75, 3.05) is 26.2 Å². The topological polar surface area (TPSA) is 70.2 Å². The number of halogens is 2. The summed E-state index contributed by atoms with van der Waals surface area (Å²) in [6.07, 6.45) is 2.86. The number of benzene rings is 1. The highest BCUT2D eigenvalue weighted by Crippen LogP contribution is 2.23. The van der Waals surface area contributed by atoms with Gasteiger partial charge in [-0.25, -0.2) is 0 Å². The monoisotopic (exact) mass is 431 g/mol. The summed E-state index contributed by atoms with van der Waals surface area (Å²) in [6.45, 7) is 5.16. The maximum Gasteiger partial charge on any atom is 0.251 e. The fourth-order valence-electron chi connectivity index (χ4n) is 3.03. The highest BCUT2D eigenvalue weighted by atomic mass is 79.9. The second-order valence-corrected chi connectivity index (χ2v) is 7.30. The van der Waals surface area contributed by atoms with Crippen LogP contribution in [0.1, 0.15) is 36.5 Å². The smallest absolute Gasteiger partial charge is 0.251 e. The Morgan fingerprint density at radius 3 is 2.40 bits per heavy atom. The summed E-state index contributed by atoms with van der Waals surface area (Å²) in [6, 6.07) is 7.19. The van der Waals surface area contributed by atoms with E-state index in [1.807, 2.05) is 12.1 Å². The number of nitrogens with one attached hydrogen (secondary N) is 3. The van der Waals surface area contributed by atoms with Gasteiger partial charge in [0.1, 0.15) is 0 Å². The fraction of sp³-hybridized carbons (Fsp3) is 0.556. The van der Waals surface area contributed by atoms with Gasteiger partial charge in [-0.15, -0.1) is 12.4 Å². The first kappa shape index (κ1) is 21.9. The highest BCUT2D eigenvalue weighted by Gasteiger charge is 2.21. The molecule has 0 aromatic heterocycles. The van der Waals surface area contributed by atoms with Crippen LogP contribution in [0.4, 0.5) is 0 Å². The molecular weight excluding hydrogens is 406 g/mol. The minimum atomic E-state index is -0.125. The van der Waals surface area contributed by atoms with Crippen LogP contribution in [0.3, 0.4) is 0 Å². The van der Waals surface area contributed by atoms with Gasteiger partial charge in [0, 0.05) is 29.5 Å². The predicted octanol–water partition coefficient (Wildman–Crippen LogP) is 2.74. The molecule has 0 saturated carbocycles. The van der Waals surface area contributed by atoms with E-state index in [1.54, 1.807) is 12.1 Å². The van der Waals surface area contributed by atoms with E-state index in [0.29, 0.717) is 36.9 Å². The van der Waals surface area contributed by atoms with Crippen molar-refractivity contribution in [2.24, 2.45) is 11.8 Å². The van der Waals surface area contributed by atoms with Crippen molar-refractivity contribution in [3.8, 4) is 0 Å². The molecule has 1 aliphatic rings. The fourth-order valence-corrected chi connectivity index (χ4v) is 3.29. The minimum Gasteiger partial charge on any atom is -0.354 e.